The number of fused-ring (bicyclic) bond motifs is 16. The van der Waals surface area contributed by atoms with Gasteiger partial charge in [-0.05, 0) is 180 Å². The molecule has 111 heavy (non-hydrogen) atoms. The summed E-state index contributed by atoms with van der Waals surface area (Å²) in [6.45, 7) is 57.4. The van der Waals surface area contributed by atoms with Crippen LogP contribution in [0.1, 0.15) is 319 Å². The van der Waals surface area contributed by atoms with Crippen molar-refractivity contribution in [3.8, 4) is 46.0 Å². The standard InChI is InChI=1S/C101H134O10/c1-58(102)84(59(2)103)85-82-56-80(100(21,22)23)54-72(92(82)110-33)40-70-52-78(98(15,16)17)50-68(90(70)108-31)38-66-48-76(96(9,10)11)46-64(88(66)106-29)36-62-44-74(94(3,4)5)42-60(86(62)104-27)35-61-43-75(95(6,7)8)45-63(87(61)105-28)37-65-47-77(97(12,13)14)49-67(89(65)107-30)39-69-51-79(99(18,19)20)53-71(91(69)109-32)41-73-55-81(101(24,25)26)57-83(85)93(73)111-34/h42-57,84-85H,35-41H2,1-34H3. The predicted octanol–water partition coefficient (Wildman–Crippen LogP) is 23.5. The molecule has 0 spiro atoms. The van der Waals surface area contributed by atoms with Crippen LogP contribution in [0.4, 0.5) is 0 Å². The minimum Gasteiger partial charge on any atom is -0.496 e. The molecule has 0 saturated heterocycles. The van der Waals surface area contributed by atoms with Crippen LogP contribution < -0.4 is 37.9 Å². The molecule has 16 bridgehead atoms. The Labute approximate surface area is 668 Å². The van der Waals surface area contributed by atoms with Crippen molar-refractivity contribution in [2.24, 2.45) is 5.92 Å². The summed E-state index contributed by atoms with van der Waals surface area (Å²) >= 11 is 0. The van der Waals surface area contributed by atoms with Crippen LogP contribution in [0.2, 0.25) is 0 Å². The first-order valence-electron chi connectivity index (χ1n) is 40.0. The van der Waals surface area contributed by atoms with E-state index in [4.69, 9.17) is 37.9 Å². The lowest BCUT2D eigenvalue weighted by atomic mass is 9.71. The molecule has 1 aliphatic carbocycles. The van der Waals surface area contributed by atoms with E-state index >= 15 is 0 Å². The van der Waals surface area contributed by atoms with Crippen molar-refractivity contribution in [3.05, 3.63) is 231 Å². The maximum absolute atomic E-state index is 15.0. The lowest BCUT2D eigenvalue weighted by Crippen LogP contribution is -2.30. The molecule has 0 radical (unpaired) electrons. The van der Waals surface area contributed by atoms with Crippen molar-refractivity contribution in [2.75, 3.05) is 56.9 Å². The number of hydrogen-bond acceptors (Lipinski definition) is 10. The van der Waals surface area contributed by atoms with Crippen LogP contribution in [0.5, 0.6) is 46.0 Å². The van der Waals surface area contributed by atoms with Gasteiger partial charge in [-0.1, -0.05) is 263 Å². The van der Waals surface area contributed by atoms with Crippen LogP contribution in [0, 0.1) is 5.92 Å². The fraction of sp³-hybridized carbons (Fsp3) is 0.505. The zero-order valence-electron chi connectivity index (χ0n) is 74.4. The third-order valence-electron chi connectivity index (χ3n) is 23.0. The van der Waals surface area contributed by atoms with Crippen LogP contribution in [0.25, 0.3) is 0 Å². The van der Waals surface area contributed by atoms with E-state index in [0.29, 0.717) is 56.4 Å². The number of rotatable bonds is 11. The monoisotopic (exact) mass is 1510 g/mol. The van der Waals surface area contributed by atoms with Crippen LogP contribution in [-0.2, 0) is 97.9 Å². The van der Waals surface area contributed by atoms with Crippen LogP contribution in [0.15, 0.2) is 97.1 Å². The number of methoxy groups -OCH3 is 8. The summed E-state index contributed by atoms with van der Waals surface area (Å²) in [6.07, 6.45) is 3.30. The Balaban J connectivity index is 1.48. The van der Waals surface area contributed by atoms with E-state index < -0.39 is 22.7 Å². The van der Waals surface area contributed by atoms with E-state index in [0.717, 1.165) is 146 Å². The summed E-state index contributed by atoms with van der Waals surface area (Å²) in [5.41, 5.74) is 22.2. The Bertz CT molecular complexity index is 4500. The van der Waals surface area contributed by atoms with Gasteiger partial charge in [0.1, 0.15) is 57.6 Å². The number of Topliss-reactive ketones (excluding diaryl/α,β-unsaturated/α-hetero) is 2. The van der Waals surface area contributed by atoms with Gasteiger partial charge in [-0.25, -0.2) is 0 Å². The molecule has 0 amide bonds. The summed E-state index contributed by atoms with van der Waals surface area (Å²) in [5, 5.41) is 0. The topological polar surface area (TPSA) is 108 Å². The maximum atomic E-state index is 15.0. The van der Waals surface area contributed by atoms with Crippen molar-refractivity contribution in [1.29, 1.82) is 0 Å². The second-order valence-corrected chi connectivity index (χ2v) is 39.9. The van der Waals surface area contributed by atoms with Crippen LogP contribution in [-0.4, -0.2) is 68.4 Å². The lowest BCUT2D eigenvalue weighted by molar-refractivity contribution is -0.130. The largest absolute Gasteiger partial charge is 0.496 e. The van der Waals surface area contributed by atoms with Crippen molar-refractivity contribution in [3.63, 3.8) is 0 Å². The molecule has 0 N–H and O–H groups in total. The Morgan fingerprint density at radius 3 is 0.450 bits per heavy atom. The Morgan fingerprint density at radius 1 is 0.225 bits per heavy atom. The molecule has 598 valence electrons. The fourth-order valence-electron chi connectivity index (χ4n) is 16.5. The zero-order chi connectivity index (χ0) is 82.7. The highest BCUT2D eigenvalue weighted by atomic mass is 16.5. The summed E-state index contributed by atoms with van der Waals surface area (Å²) in [7, 11) is 14.2. The molecule has 9 rings (SSSR count). The van der Waals surface area contributed by atoms with Gasteiger partial charge in [0.05, 0.1) is 62.8 Å². The van der Waals surface area contributed by atoms with Crippen molar-refractivity contribution >= 4 is 11.6 Å². The molecular formula is C101H134O10. The number of benzene rings is 8. The SMILES string of the molecule is COc1c2cc(C(C)(C)C)cc1Cc1cc(C(C)(C)C)cc(c1OC)Cc1cc(C(C)(C)C)cc(c1OC)Cc1cc(C(C)(C)C)cc(c1OC)C(C(C(C)=O)C(C)=O)c1cc(C(C)(C)C)cc(c1OC)Cc1cc(C(C)(C)C)cc(c1OC)Cc1cc(C(C)(C)C)cc(c1OC)Cc1cc(C(C)(C)C)cc(c1OC)C2. The van der Waals surface area contributed by atoms with Gasteiger partial charge in [0.15, 0.2) is 0 Å². The highest BCUT2D eigenvalue weighted by molar-refractivity contribution is 6.02. The lowest BCUT2D eigenvalue weighted by Gasteiger charge is -2.33. The fourth-order valence-corrected chi connectivity index (χ4v) is 16.5. The van der Waals surface area contributed by atoms with Gasteiger partial charge < -0.3 is 37.9 Å². The van der Waals surface area contributed by atoms with E-state index in [1.54, 1.807) is 56.5 Å². The highest BCUT2D eigenvalue weighted by Gasteiger charge is 2.41. The first-order chi connectivity index (χ1) is 51.3. The molecule has 1 aliphatic rings. The third-order valence-corrected chi connectivity index (χ3v) is 23.0. The predicted molar refractivity (Wildman–Crippen MR) is 460 cm³/mol. The maximum Gasteiger partial charge on any atom is 0.141 e. The molecule has 8 aromatic rings. The summed E-state index contributed by atoms with van der Waals surface area (Å²) in [6, 6.07) is 36.9. The molecule has 0 aliphatic heterocycles. The Kier molecular flexibility index (Phi) is 25.1. The molecular weight excluding hydrogens is 1370 g/mol. The second kappa shape index (κ2) is 32.2. The average Bonchev–Trinajstić information content (AvgIpc) is 0.746. The average molecular weight is 1510 g/mol. The normalized spacial score (nSPS) is 13.9. The van der Waals surface area contributed by atoms with Crippen LogP contribution in [0.3, 0.4) is 0 Å². The van der Waals surface area contributed by atoms with Gasteiger partial charge >= 0.3 is 0 Å². The second-order valence-electron chi connectivity index (χ2n) is 39.9. The van der Waals surface area contributed by atoms with Crippen molar-refractivity contribution in [1.82, 2.24) is 0 Å². The minimum atomic E-state index is -1.14. The molecule has 0 saturated carbocycles. The Morgan fingerprint density at radius 2 is 0.342 bits per heavy atom. The van der Waals surface area contributed by atoms with Crippen molar-refractivity contribution < 1.29 is 47.5 Å². The number of carbonyl (C=O) groups is 2. The van der Waals surface area contributed by atoms with E-state index in [2.05, 4.69) is 263 Å². The molecule has 0 unspecified atom stereocenters. The minimum absolute atomic E-state index is 0.239. The van der Waals surface area contributed by atoms with E-state index in [-0.39, 0.29) is 44.1 Å². The first-order valence-corrected chi connectivity index (χ1v) is 40.0. The number of ketones is 2. The molecule has 0 fully saturated rings. The van der Waals surface area contributed by atoms with E-state index in [1.807, 2.05) is 14.2 Å². The number of ether oxygens (including phenoxy) is 8. The Hall–Kier alpha value is -8.50. The van der Waals surface area contributed by atoms with Gasteiger partial charge in [-0.3, -0.25) is 9.59 Å². The summed E-state index contributed by atoms with van der Waals surface area (Å²) in [4.78, 5) is 29.9. The summed E-state index contributed by atoms with van der Waals surface area (Å²) < 4.78 is 54.6. The number of hydrogen-bond donors (Lipinski definition) is 0. The molecule has 10 heteroatoms. The van der Waals surface area contributed by atoms with Crippen LogP contribution >= 0.6 is 0 Å². The quantitative estimate of drug-likeness (QED) is 0.116. The molecule has 0 heterocycles. The molecule has 10 nitrogen and oxygen atoms in total. The van der Waals surface area contributed by atoms with Gasteiger partial charge in [0.25, 0.3) is 0 Å². The van der Waals surface area contributed by atoms with E-state index in [9.17, 15) is 9.59 Å². The van der Waals surface area contributed by atoms with Gasteiger partial charge in [0, 0.05) is 62.0 Å². The molecule has 8 aromatic carbocycles. The highest BCUT2D eigenvalue weighted by Crippen LogP contribution is 2.52. The smallest absolute Gasteiger partial charge is 0.141 e. The molecule has 0 aromatic heterocycles. The third kappa shape index (κ3) is 18.8. The number of carbonyl (C=O) groups excluding carboxylic acids is 2. The van der Waals surface area contributed by atoms with E-state index in [1.165, 1.54) is 22.3 Å². The molecule has 0 atom stereocenters. The zero-order valence-corrected chi connectivity index (χ0v) is 74.4. The van der Waals surface area contributed by atoms with Gasteiger partial charge in [-0.2, -0.15) is 0 Å². The summed E-state index contributed by atoms with van der Waals surface area (Å²) in [5.74, 6) is 3.40. The van der Waals surface area contributed by atoms with Gasteiger partial charge in [0.2, 0.25) is 0 Å². The first kappa shape index (κ1) is 86.5. The van der Waals surface area contributed by atoms with Gasteiger partial charge in [-0.15, -0.1) is 0 Å². The van der Waals surface area contributed by atoms with Crippen molar-refractivity contribution in [2.45, 2.75) is 274 Å².